The van der Waals surface area contributed by atoms with Crippen LogP contribution in [-0.2, 0) is 6.42 Å². The van der Waals surface area contributed by atoms with Crippen molar-refractivity contribution in [2.75, 3.05) is 13.1 Å². The van der Waals surface area contributed by atoms with Crippen LogP contribution in [0, 0.1) is 5.92 Å². The first-order chi connectivity index (χ1) is 7.75. The van der Waals surface area contributed by atoms with Crippen molar-refractivity contribution in [2.24, 2.45) is 5.92 Å². The molecule has 0 bridgehead atoms. The molecule has 1 aliphatic rings. The van der Waals surface area contributed by atoms with Crippen LogP contribution < -0.4 is 0 Å². The molecule has 4 heteroatoms. The van der Waals surface area contributed by atoms with Gasteiger partial charge in [-0.25, -0.2) is 4.79 Å². The molecule has 16 heavy (non-hydrogen) atoms. The Bertz CT molecular complexity index is 345. The van der Waals surface area contributed by atoms with Crippen LogP contribution in [0.3, 0.4) is 0 Å². The normalized spacial score (nSPS) is 17.4. The predicted molar refractivity (Wildman–Crippen MR) is 60.3 cm³/mol. The molecule has 0 atom stereocenters. The second-order valence-electron chi connectivity index (χ2n) is 4.24. The van der Waals surface area contributed by atoms with Crippen molar-refractivity contribution in [3.05, 3.63) is 30.1 Å². The van der Waals surface area contributed by atoms with Gasteiger partial charge in [-0.05, 0) is 37.3 Å². The number of carbonyl (C=O) groups is 1. The molecule has 0 radical (unpaired) electrons. The first-order valence-electron chi connectivity index (χ1n) is 5.63. The monoisotopic (exact) mass is 220 g/mol. The molecule has 1 amide bonds. The van der Waals surface area contributed by atoms with Crippen molar-refractivity contribution in [1.82, 2.24) is 9.88 Å². The van der Waals surface area contributed by atoms with E-state index in [-0.39, 0.29) is 0 Å². The lowest BCUT2D eigenvalue weighted by atomic mass is 9.92. The van der Waals surface area contributed by atoms with Crippen LogP contribution in [0.4, 0.5) is 4.79 Å². The van der Waals surface area contributed by atoms with E-state index in [4.69, 9.17) is 5.11 Å². The molecule has 1 N–H and O–H groups in total. The lowest BCUT2D eigenvalue weighted by molar-refractivity contribution is 0.124. The molecule has 1 aromatic heterocycles. The number of pyridine rings is 1. The largest absolute Gasteiger partial charge is 0.465 e. The third-order valence-electron chi connectivity index (χ3n) is 3.11. The van der Waals surface area contributed by atoms with Gasteiger partial charge in [0.15, 0.2) is 0 Å². The third-order valence-corrected chi connectivity index (χ3v) is 3.11. The lowest BCUT2D eigenvalue weighted by Gasteiger charge is -2.29. The van der Waals surface area contributed by atoms with E-state index in [0.717, 1.165) is 25.0 Å². The number of nitrogens with zero attached hydrogens (tertiary/aromatic N) is 2. The number of likely N-dealkylation sites (tertiary alicyclic amines) is 1. The Morgan fingerprint density at radius 2 is 2.19 bits per heavy atom. The zero-order valence-corrected chi connectivity index (χ0v) is 9.17. The number of piperidine rings is 1. The summed E-state index contributed by atoms with van der Waals surface area (Å²) in [6, 6.07) is 5.94. The smallest absolute Gasteiger partial charge is 0.407 e. The minimum absolute atomic E-state index is 0.575. The van der Waals surface area contributed by atoms with Gasteiger partial charge in [0.1, 0.15) is 0 Å². The van der Waals surface area contributed by atoms with Crippen molar-refractivity contribution < 1.29 is 9.90 Å². The van der Waals surface area contributed by atoms with Gasteiger partial charge in [0.25, 0.3) is 0 Å². The van der Waals surface area contributed by atoms with Gasteiger partial charge < -0.3 is 10.0 Å². The van der Waals surface area contributed by atoms with Gasteiger partial charge in [0, 0.05) is 25.0 Å². The van der Waals surface area contributed by atoms with E-state index in [1.807, 2.05) is 24.4 Å². The van der Waals surface area contributed by atoms with Crippen LogP contribution in [0.25, 0.3) is 0 Å². The van der Waals surface area contributed by atoms with Crippen LogP contribution in [0.15, 0.2) is 24.4 Å². The average molecular weight is 220 g/mol. The summed E-state index contributed by atoms with van der Waals surface area (Å²) in [5.74, 6) is 0.575. The van der Waals surface area contributed by atoms with Crippen molar-refractivity contribution in [2.45, 2.75) is 19.3 Å². The Labute approximate surface area is 94.9 Å². The molecular weight excluding hydrogens is 204 g/mol. The maximum atomic E-state index is 10.7. The summed E-state index contributed by atoms with van der Waals surface area (Å²) in [6.45, 7) is 1.32. The first kappa shape index (κ1) is 10.9. The van der Waals surface area contributed by atoms with Crippen LogP contribution >= 0.6 is 0 Å². The van der Waals surface area contributed by atoms with Crippen molar-refractivity contribution in [3.8, 4) is 0 Å². The average Bonchev–Trinajstić information content (AvgIpc) is 2.31. The van der Waals surface area contributed by atoms with E-state index in [1.165, 1.54) is 4.90 Å². The Morgan fingerprint density at radius 1 is 1.44 bits per heavy atom. The number of rotatable bonds is 2. The number of hydrogen-bond acceptors (Lipinski definition) is 2. The summed E-state index contributed by atoms with van der Waals surface area (Å²) < 4.78 is 0. The minimum atomic E-state index is -0.795. The summed E-state index contributed by atoms with van der Waals surface area (Å²) in [5, 5.41) is 8.83. The molecule has 2 rings (SSSR count). The van der Waals surface area contributed by atoms with Crippen molar-refractivity contribution >= 4 is 6.09 Å². The van der Waals surface area contributed by atoms with E-state index in [1.54, 1.807) is 0 Å². The zero-order valence-electron chi connectivity index (χ0n) is 9.17. The second kappa shape index (κ2) is 4.96. The fourth-order valence-electron chi connectivity index (χ4n) is 2.14. The van der Waals surface area contributed by atoms with Gasteiger partial charge in [0.2, 0.25) is 0 Å². The summed E-state index contributed by atoms with van der Waals surface area (Å²) >= 11 is 0. The molecular formula is C12H16N2O2. The van der Waals surface area contributed by atoms with Gasteiger partial charge in [0.05, 0.1) is 0 Å². The Balaban J connectivity index is 1.84. The van der Waals surface area contributed by atoms with Crippen LogP contribution in [-0.4, -0.2) is 34.2 Å². The fourth-order valence-corrected chi connectivity index (χ4v) is 2.14. The maximum Gasteiger partial charge on any atom is 0.407 e. The van der Waals surface area contributed by atoms with Gasteiger partial charge in [-0.1, -0.05) is 6.07 Å². The molecule has 1 saturated heterocycles. The predicted octanol–water partition coefficient (Wildman–Crippen LogP) is 2.01. The van der Waals surface area contributed by atoms with Gasteiger partial charge in [-0.15, -0.1) is 0 Å². The molecule has 0 aliphatic carbocycles. The highest BCUT2D eigenvalue weighted by atomic mass is 16.4. The highest BCUT2D eigenvalue weighted by molar-refractivity contribution is 5.64. The molecule has 1 fully saturated rings. The summed E-state index contributed by atoms with van der Waals surface area (Å²) in [4.78, 5) is 16.5. The second-order valence-corrected chi connectivity index (χ2v) is 4.24. The third kappa shape index (κ3) is 2.72. The Morgan fingerprint density at radius 3 is 2.75 bits per heavy atom. The van der Waals surface area contributed by atoms with Crippen LogP contribution in [0.1, 0.15) is 18.5 Å². The van der Waals surface area contributed by atoms with E-state index in [2.05, 4.69) is 4.98 Å². The van der Waals surface area contributed by atoms with E-state index < -0.39 is 6.09 Å². The van der Waals surface area contributed by atoms with Crippen LogP contribution in [0.2, 0.25) is 0 Å². The van der Waals surface area contributed by atoms with Crippen molar-refractivity contribution in [3.63, 3.8) is 0 Å². The van der Waals surface area contributed by atoms with Gasteiger partial charge in [-0.3, -0.25) is 4.98 Å². The number of carboxylic acid groups (broad SMARTS) is 1. The van der Waals surface area contributed by atoms with Gasteiger partial charge in [-0.2, -0.15) is 0 Å². The molecule has 4 nitrogen and oxygen atoms in total. The highest BCUT2D eigenvalue weighted by Gasteiger charge is 2.22. The topological polar surface area (TPSA) is 53.4 Å². The summed E-state index contributed by atoms with van der Waals surface area (Å²) in [7, 11) is 0. The molecule has 1 aliphatic heterocycles. The summed E-state index contributed by atoms with van der Waals surface area (Å²) in [5.41, 5.74) is 1.11. The summed E-state index contributed by atoms with van der Waals surface area (Å²) in [6.07, 6.45) is 3.87. The molecule has 0 unspecified atom stereocenters. The molecule has 2 heterocycles. The van der Waals surface area contributed by atoms with Crippen LogP contribution in [0.5, 0.6) is 0 Å². The molecule has 0 saturated carbocycles. The Kier molecular flexibility index (Phi) is 3.39. The lowest BCUT2D eigenvalue weighted by Crippen LogP contribution is -2.37. The molecule has 0 aromatic carbocycles. The minimum Gasteiger partial charge on any atom is -0.465 e. The standard InChI is InChI=1S/C12H16N2O2/c15-12(16)14-7-4-10(5-8-14)9-11-3-1-2-6-13-11/h1-3,6,10H,4-5,7-9H2,(H,15,16). The fraction of sp³-hybridized carbons (Fsp3) is 0.500. The number of amides is 1. The molecule has 1 aromatic rings. The maximum absolute atomic E-state index is 10.7. The highest BCUT2D eigenvalue weighted by Crippen LogP contribution is 2.20. The number of hydrogen-bond donors (Lipinski definition) is 1. The quantitative estimate of drug-likeness (QED) is 0.829. The first-order valence-corrected chi connectivity index (χ1v) is 5.63. The van der Waals surface area contributed by atoms with E-state index >= 15 is 0 Å². The van der Waals surface area contributed by atoms with E-state index in [9.17, 15) is 4.79 Å². The SMILES string of the molecule is O=C(O)N1CCC(Cc2ccccn2)CC1. The zero-order chi connectivity index (χ0) is 11.4. The Hall–Kier alpha value is -1.58. The number of aromatic nitrogens is 1. The molecule has 86 valence electrons. The van der Waals surface area contributed by atoms with Crippen molar-refractivity contribution in [1.29, 1.82) is 0 Å². The molecule has 0 spiro atoms. The van der Waals surface area contributed by atoms with Gasteiger partial charge >= 0.3 is 6.09 Å². The van der Waals surface area contributed by atoms with E-state index in [0.29, 0.717) is 19.0 Å².